The second kappa shape index (κ2) is 7.91. The van der Waals surface area contributed by atoms with Crippen LogP contribution in [0.1, 0.15) is 36.0 Å². The first kappa shape index (κ1) is 22.5. The molecule has 178 valence electrons. The van der Waals surface area contributed by atoms with Gasteiger partial charge in [0.1, 0.15) is 11.6 Å². The smallest absolute Gasteiger partial charge is 0.259 e. The molecule has 4 heterocycles. The van der Waals surface area contributed by atoms with Gasteiger partial charge < -0.3 is 10.2 Å². The van der Waals surface area contributed by atoms with Gasteiger partial charge in [0.2, 0.25) is 0 Å². The van der Waals surface area contributed by atoms with Crippen LogP contribution in [0.2, 0.25) is 0 Å². The number of carbonyl (C=O) groups excluding carboxylic acids is 1. The fourth-order valence-corrected chi connectivity index (χ4v) is 5.32. The molecule has 0 unspecified atom stereocenters. The highest BCUT2D eigenvalue weighted by atomic mass is 32.2. The van der Waals surface area contributed by atoms with Crippen molar-refractivity contribution in [3.05, 3.63) is 54.0 Å². The number of nitrogens with zero attached hydrogens (tertiary/aromatic N) is 3. The minimum Gasteiger partial charge on any atom is -0.350 e. The second-order valence-corrected chi connectivity index (χ2v) is 10.1. The molecular weight excluding hydrogens is 471 g/mol. The van der Waals surface area contributed by atoms with Gasteiger partial charge in [-0.3, -0.25) is 4.79 Å². The third kappa shape index (κ3) is 4.18. The Hall–Kier alpha value is -3.25. The van der Waals surface area contributed by atoms with Gasteiger partial charge in [-0.15, -0.1) is 0 Å². The van der Waals surface area contributed by atoms with Gasteiger partial charge in [0.05, 0.1) is 11.1 Å². The van der Waals surface area contributed by atoms with Crippen molar-refractivity contribution in [2.45, 2.75) is 48.7 Å². The predicted octanol–water partition coefficient (Wildman–Crippen LogP) is 3.44. The van der Waals surface area contributed by atoms with Crippen molar-refractivity contribution in [3.63, 3.8) is 0 Å². The Kier molecular flexibility index (Phi) is 5.24. The Morgan fingerprint density at radius 1 is 1.12 bits per heavy atom. The number of hydrogen-bond donors (Lipinski definition) is 2. The Labute approximate surface area is 193 Å². The van der Waals surface area contributed by atoms with Crippen LogP contribution in [-0.4, -0.2) is 42.3 Å². The molecular formula is C22H20F3N5O3S. The lowest BCUT2D eigenvalue weighted by Crippen LogP contribution is -2.48. The standard InChI is InChI=1S/C22H20F3N5O3S/c23-13-1-4-18-12(7-13)8-17(21(31)28-14-5-6-27-19(9-14)34(26,32)33)20(29-18)30-15-2-3-16(30)11-22(24,25)10-15/h1,4-9,15-16H,2-3,10-11H2,(H2,26,32,33)(H,27,28,31)/t15-,16+. The van der Waals surface area contributed by atoms with E-state index in [0.717, 1.165) is 6.07 Å². The number of piperidine rings is 1. The van der Waals surface area contributed by atoms with Crippen LogP contribution in [0.4, 0.5) is 24.7 Å². The molecule has 2 aliphatic rings. The van der Waals surface area contributed by atoms with Crippen molar-refractivity contribution in [2.75, 3.05) is 10.2 Å². The average molecular weight is 491 g/mol. The molecule has 12 heteroatoms. The molecule has 2 saturated heterocycles. The quantitative estimate of drug-likeness (QED) is 0.577. The van der Waals surface area contributed by atoms with Gasteiger partial charge in [-0.25, -0.2) is 36.7 Å². The van der Waals surface area contributed by atoms with E-state index in [2.05, 4.69) is 15.3 Å². The van der Waals surface area contributed by atoms with Crippen LogP contribution in [-0.2, 0) is 10.0 Å². The van der Waals surface area contributed by atoms with Gasteiger partial charge in [-0.2, -0.15) is 0 Å². The number of amides is 1. The highest BCUT2D eigenvalue weighted by Gasteiger charge is 2.50. The molecule has 2 aliphatic heterocycles. The van der Waals surface area contributed by atoms with Crippen molar-refractivity contribution >= 4 is 38.3 Å². The number of sulfonamides is 1. The number of pyridine rings is 2. The fourth-order valence-electron chi connectivity index (χ4n) is 4.82. The lowest BCUT2D eigenvalue weighted by atomic mass is 9.97. The summed E-state index contributed by atoms with van der Waals surface area (Å²) in [6.45, 7) is 0. The maximum Gasteiger partial charge on any atom is 0.259 e. The second-order valence-electron chi connectivity index (χ2n) is 8.63. The SMILES string of the molecule is NS(=O)(=O)c1cc(NC(=O)c2cc3cc(F)ccc3nc2N2[C@@H]3CC[C@H]2CC(F)(F)C3)ccn1. The molecule has 0 aliphatic carbocycles. The van der Waals surface area contributed by atoms with Crippen molar-refractivity contribution in [3.8, 4) is 0 Å². The molecule has 8 nitrogen and oxygen atoms in total. The summed E-state index contributed by atoms with van der Waals surface area (Å²) in [6, 6.07) is 6.91. The predicted molar refractivity (Wildman–Crippen MR) is 119 cm³/mol. The summed E-state index contributed by atoms with van der Waals surface area (Å²) < 4.78 is 65.4. The van der Waals surface area contributed by atoms with Gasteiger partial charge in [-0.05, 0) is 43.2 Å². The molecule has 0 spiro atoms. The van der Waals surface area contributed by atoms with E-state index in [1.165, 1.54) is 36.5 Å². The summed E-state index contributed by atoms with van der Waals surface area (Å²) in [5.41, 5.74) is 0.599. The Bertz CT molecular complexity index is 1400. The van der Waals surface area contributed by atoms with E-state index in [1.807, 2.05) is 0 Å². The van der Waals surface area contributed by atoms with Gasteiger partial charge in [-0.1, -0.05) is 0 Å². The molecule has 1 aromatic carbocycles. The third-order valence-electron chi connectivity index (χ3n) is 6.22. The number of fused-ring (bicyclic) bond motifs is 3. The number of aromatic nitrogens is 2. The number of anilines is 2. The summed E-state index contributed by atoms with van der Waals surface area (Å²) in [4.78, 5) is 23.3. The number of primary sulfonamides is 1. The number of nitrogens with one attached hydrogen (secondary N) is 1. The number of benzene rings is 1. The number of carbonyl (C=O) groups is 1. The van der Waals surface area contributed by atoms with Crippen LogP contribution in [0.5, 0.6) is 0 Å². The summed E-state index contributed by atoms with van der Waals surface area (Å²) in [7, 11) is -4.10. The number of alkyl halides is 2. The van der Waals surface area contributed by atoms with Crippen LogP contribution in [0.25, 0.3) is 10.9 Å². The van der Waals surface area contributed by atoms with Crippen LogP contribution in [0, 0.1) is 5.82 Å². The first-order chi connectivity index (χ1) is 16.0. The largest absolute Gasteiger partial charge is 0.350 e. The summed E-state index contributed by atoms with van der Waals surface area (Å²) >= 11 is 0. The topological polar surface area (TPSA) is 118 Å². The molecule has 2 aromatic heterocycles. The normalized spacial score (nSPS) is 21.6. The first-order valence-corrected chi connectivity index (χ1v) is 12.1. The van der Waals surface area contributed by atoms with Crippen LogP contribution in [0.3, 0.4) is 0 Å². The molecule has 0 saturated carbocycles. The van der Waals surface area contributed by atoms with E-state index < -0.39 is 44.8 Å². The van der Waals surface area contributed by atoms with Crippen molar-refractivity contribution < 1.29 is 26.4 Å². The molecule has 34 heavy (non-hydrogen) atoms. The van der Waals surface area contributed by atoms with Gasteiger partial charge in [0.15, 0.2) is 5.03 Å². The van der Waals surface area contributed by atoms with E-state index in [1.54, 1.807) is 4.90 Å². The number of rotatable bonds is 4. The summed E-state index contributed by atoms with van der Waals surface area (Å²) in [6.07, 6.45) is 1.60. The monoisotopic (exact) mass is 491 g/mol. The first-order valence-electron chi connectivity index (χ1n) is 10.6. The van der Waals surface area contributed by atoms with E-state index in [0.29, 0.717) is 23.7 Å². The van der Waals surface area contributed by atoms with E-state index in [9.17, 15) is 26.4 Å². The zero-order valence-corrected chi connectivity index (χ0v) is 18.5. The van der Waals surface area contributed by atoms with Crippen molar-refractivity contribution in [1.82, 2.24) is 9.97 Å². The number of nitrogens with two attached hydrogens (primary N) is 1. The maximum atomic E-state index is 14.2. The molecule has 2 bridgehead atoms. The van der Waals surface area contributed by atoms with Crippen LogP contribution >= 0.6 is 0 Å². The molecule has 3 N–H and O–H groups in total. The van der Waals surface area contributed by atoms with Gasteiger partial charge in [0.25, 0.3) is 21.9 Å². The number of hydrogen-bond acceptors (Lipinski definition) is 6. The minimum absolute atomic E-state index is 0.0641. The maximum absolute atomic E-state index is 14.2. The third-order valence-corrected chi connectivity index (χ3v) is 7.02. The summed E-state index contributed by atoms with van der Waals surface area (Å²) in [5.74, 6) is -3.72. The molecule has 3 aromatic rings. The molecule has 1 amide bonds. The number of halogens is 3. The Balaban J connectivity index is 1.58. The Morgan fingerprint density at radius 2 is 1.82 bits per heavy atom. The molecule has 5 rings (SSSR count). The molecule has 2 fully saturated rings. The highest BCUT2D eigenvalue weighted by molar-refractivity contribution is 7.89. The van der Waals surface area contributed by atoms with E-state index >= 15 is 0 Å². The Morgan fingerprint density at radius 3 is 2.50 bits per heavy atom. The van der Waals surface area contributed by atoms with Crippen LogP contribution < -0.4 is 15.4 Å². The highest BCUT2D eigenvalue weighted by Crippen LogP contribution is 2.46. The molecule has 2 atom stereocenters. The van der Waals surface area contributed by atoms with Crippen LogP contribution in [0.15, 0.2) is 47.6 Å². The summed E-state index contributed by atoms with van der Waals surface area (Å²) in [5, 5.41) is 7.63. The minimum atomic E-state index is -4.10. The average Bonchev–Trinajstić information content (AvgIpc) is 3.04. The zero-order valence-electron chi connectivity index (χ0n) is 17.7. The lowest BCUT2D eigenvalue weighted by Gasteiger charge is -2.40. The van der Waals surface area contributed by atoms with Crippen molar-refractivity contribution in [2.24, 2.45) is 5.14 Å². The molecule has 0 radical (unpaired) electrons. The van der Waals surface area contributed by atoms with Crippen molar-refractivity contribution in [1.29, 1.82) is 0 Å². The van der Waals surface area contributed by atoms with E-state index in [-0.39, 0.29) is 29.9 Å². The zero-order chi connectivity index (χ0) is 24.3. The fraction of sp³-hybridized carbons (Fsp3) is 0.318. The van der Waals surface area contributed by atoms with Gasteiger partial charge in [0, 0.05) is 48.3 Å². The van der Waals surface area contributed by atoms with Gasteiger partial charge >= 0.3 is 0 Å². The lowest BCUT2D eigenvalue weighted by molar-refractivity contribution is -0.0359. The van der Waals surface area contributed by atoms with E-state index in [4.69, 9.17) is 5.14 Å².